The highest BCUT2D eigenvalue weighted by molar-refractivity contribution is 5.94. The van der Waals surface area contributed by atoms with Gasteiger partial charge in [-0.05, 0) is 91.7 Å². The van der Waals surface area contributed by atoms with Gasteiger partial charge in [0.05, 0.1) is 7.11 Å². The number of piperidine rings is 1. The first kappa shape index (κ1) is 24.5. The van der Waals surface area contributed by atoms with Crippen LogP contribution in [-0.4, -0.2) is 55.5 Å². The predicted molar refractivity (Wildman–Crippen MR) is 141 cm³/mol. The Balaban J connectivity index is 1.25. The molecule has 2 saturated heterocycles. The number of rotatable bonds is 7. The lowest BCUT2D eigenvalue weighted by Crippen LogP contribution is -2.39. The third kappa shape index (κ3) is 5.79. The van der Waals surface area contributed by atoms with Gasteiger partial charge in [-0.2, -0.15) is 0 Å². The lowest BCUT2D eigenvalue weighted by molar-refractivity contribution is 0.0780. The third-order valence-electron chi connectivity index (χ3n) is 7.93. The van der Waals surface area contributed by atoms with E-state index in [9.17, 15) is 9.18 Å². The van der Waals surface area contributed by atoms with Crippen LogP contribution in [0.2, 0.25) is 0 Å². The molecular formula is C31H35FN2O2. The fourth-order valence-corrected chi connectivity index (χ4v) is 5.88. The maximum absolute atomic E-state index is 13.6. The van der Waals surface area contributed by atoms with Gasteiger partial charge in [0.2, 0.25) is 0 Å². The molecule has 2 atom stereocenters. The molecule has 0 spiro atoms. The highest BCUT2D eigenvalue weighted by atomic mass is 19.1. The number of amides is 1. The summed E-state index contributed by atoms with van der Waals surface area (Å²) in [6.07, 6.45) is 3.56. The number of carbonyl (C=O) groups excluding carboxylic acids is 1. The molecule has 188 valence electrons. The molecule has 2 aliphatic rings. The number of nitrogens with zero attached hydrogens (tertiary/aromatic N) is 2. The molecule has 0 bridgehead atoms. The molecule has 4 nitrogen and oxygen atoms in total. The van der Waals surface area contributed by atoms with E-state index in [-0.39, 0.29) is 17.6 Å². The largest absolute Gasteiger partial charge is 0.497 e. The maximum atomic E-state index is 13.6. The third-order valence-corrected chi connectivity index (χ3v) is 7.93. The average Bonchev–Trinajstić information content (AvgIpc) is 3.34. The molecule has 2 fully saturated rings. The molecule has 2 heterocycles. The summed E-state index contributed by atoms with van der Waals surface area (Å²) in [6.45, 7) is 4.53. The molecule has 1 amide bonds. The number of ether oxygens (including phenoxy) is 1. The van der Waals surface area contributed by atoms with Gasteiger partial charge in [-0.25, -0.2) is 4.39 Å². The zero-order valence-corrected chi connectivity index (χ0v) is 21.0. The number of benzene rings is 3. The molecule has 5 heteroatoms. The monoisotopic (exact) mass is 486 g/mol. The van der Waals surface area contributed by atoms with Gasteiger partial charge in [-0.1, -0.05) is 42.5 Å². The predicted octanol–water partition coefficient (Wildman–Crippen LogP) is 5.64. The molecule has 0 radical (unpaired) electrons. The number of carbonyl (C=O) groups is 1. The van der Waals surface area contributed by atoms with Crippen molar-refractivity contribution in [2.45, 2.75) is 25.2 Å². The highest BCUT2D eigenvalue weighted by Crippen LogP contribution is 2.35. The second-order valence-corrected chi connectivity index (χ2v) is 10.3. The van der Waals surface area contributed by atoms with Gasteiger partial charge in [-0.15, -0.1) is 0 Å². The van der Waals surface area contributed by atoms with Gasteiger partial charge < -0.3 is 14.5 Å². The summed E-state index contributed by atoms with van der Waals surface area (Å²) in [5.74, 6) is 1.82. The van der Waals surface area contributed by atoms with Gasteiger partial charge in [0.1, 0.15) is 11.6 Å². The van der Waals surface area contributed by atoms with Crippen LogP contribution < -0.4 is 4.74 Å². The first-order valence-corrected chi connectivity index (χ1v) is 13.0. The fraction of sp³-hybridized carbons (Fsp3) is 0.387. The molecule has 2 unspecified atom stereocenters. The number of likely N-dealkylation sites (tertiary alicyclic amines) is 2. The smallest absolute Gasteiger partial charge is 0.253 e. The minimum absolute atomic E-state index is 0.0498. The van der Waals surface area contributed by atoms with Gasteiger partial charge in [-0.3, -0.25) is 4.79 Å². The Kier molecular flexibility index (Phi) is 7.66. The van der Waals surface area contributed by atoms with Crippen LogP contribution in [0.5, 0.6) is 5.75 Å². The lowest BCUT2D eigenvalue weighted by atomic mass is 9.86. The van der Waals surface area contributed by atoms with Crippen molar-refractivity contribution in [1.29, 1.82) is 0 Å². The van der Waals surface area contributed by atoms with Crippen LogP contribution >= 0.6 is 0 Å². The molecule has 0 saturated carbocycles. The topological polar surface area (TPSA) is 32.8 Å². The number of hydrogen-bond acceptors (Lipinski definition) is 3. The summed E-state index contributed by atoms with van der Waals surface area (Å²) in [5, 5.41) is 0. The van der Waals surface area contributed by atoms with Crippen LogP contribution in [0.4, 0.5) is 4.39 Å². The zero-order chi connectivity index (χ0) is 24.9. The van der Waals surface area contributed by atoms with Crippen LogP contribution in [0.15, 0.2) is 78.9 Å². The second kappa shape index (κ2) is 11.3. The van der Waals surface area contributed by atoms with E-state index in [1.54, 1.807) is 7.11 Å². The van der Waals surface area contributed by atoms with E-state index in [1.807, 2.05) is 41.3 Å². The number of methoxy groups -OCH3 is 1. The fourth-order valence-electron chi connectivity index (χ4n) is 5.88. The normalized spacial score (nSPS) is 21.0. The van der Waals surface area contributed by atoms with E-state index in [2.05, 4.69) is 35.2 Å². The molecule has 0 N–H and O–H groups in total. The standard InChI is InChI=1S/C31H35FN2O2/c1-36-29-13-9-26(10-14-29)31(35)34-21-27(30(22-34)25-7-11-28(32)12-8-25)20-33-17-15-24(16-18-33)19-23-5-3-2-4-6-23/h2-14,24,27,30H,15-22H2,1H3. The molecule has 3 aromatic carbocycles. The molecule has 2 aliphatic heterocycles. The molecular weight excluding hydrogens is 451 g/mol. The quantitative estimate of drug-likeness (QED) is 0.433. The van der Waals surface area contributed by atoms with E-state index in [0.717, 1.165) is 49.8 Å². The Morgan fingerprint density at radius 1 is 0.917 bits per heavy atom. The van der Waals surface area contributed by atoms with Crippen molar-refractivity contribution in [3.05, 3.63) is 101 Å². The average molecular weight is 487 g/mol. The van der Waals surface area contributed by atoms with E-state index in [0.29, 0.717) is 18.0 Å². The summed E-state index contributed by atoms with van der Waals surface area (Å²) >= 11 is 0. The SMILES string of the molecule is COc1ccc(C(=O)N2CC(CN3CCC(Cc4ccccc4)CC3)C(c3ccc(F)cc3)C2)cc1. The zero-order valence-electron chi connectivity index (χ0n) is 21.0. The summed E-state index contributed by atoms with van der Waals surface area (Å²) in [5.41, 5.74) is 3.22. The van der Waals surface area contributed by atoms with Gasteiger partial charge >= 0.3 is 0 Å². The van der Waals surface area contributed by atoms with Crippen molar-refractivity contribution in [1.82, 2.24) is 9.80 Å². The van der Waals surface area contributed by atoms with E-state index in [4.69, 9.17) is 4.74 Å². The van der Waals surface area contributed by atoms with Gasteiger partial charge in [0.25, 0.3) is 5.91 Å². The molecule has 3 aromatic rings. The minimum atomic E-state index is -0.222. The first-order valence-electron chi connectivity index (χ1n) is 13.0. The highest BCUT2D eigenvalue weighted by Gasteiger charge is 2.38. The Hall–Kier alpha value is -3.18. The van der Waals surface area contributed by atoms with Crippen molar-refractivity contribution in [3.63, 3.8) is 0 Å². The molecule has 36 heavy (non-hydrogen) atoms. The lowest BCUT2D eigenvalue weighted by Gasteiger charge is -2.34. The summed E-state index contributed by atoms with van der Waals surface area (Å²) in [4.78, 5) is 17.9. The van der Waals surface area contributed by atoms with Crippen LogP contribution in [0.3, 0.4) is 0 Å². The maximum Gasteiger partial charge on any atom is 0.253 e. The Morgan fingerprint density at radius 2 is 1.61 bits per heavy atom. The number of halogens is 1. The molecule has 5 rings (SSSR count). The second-order valence-electron chi connectivity index (χ2n) is 10.3. The van der Waals surface area contributed by atoms with Crippen LogP contribution in [0, 0.1) is 17.7 Å². The van der Waals surface area contributed by atoms with Crippen molar-refractivity contribution < 1.29 is 13.9 Å². The molecule has 0 aliphatic carbocycles. The minimum Gasteiger partial charge on any atom is -0.497 e. The van der Waals surface area contributed by atoms with Crippen LogP contribution in [-0.2, 0) is 6.42 Å². The van der Waals surface area contributed by atoms with Crippen LogP contribution in [0.25, 0.3) is 0 Å². The summed E-state index contributed by atoms with van der Waals surface area (Å²) < 4.78 is 18.9. The Morgan fingerprint density at radius 3 is 2.28 bits per heavy atom. The van der Waals surface area contributed by atoms with Crippen LogP contribution in [0.1, 0.15) is 40.2 Å². The van der Waals surface area contributed by atoms with Crippen molar-refractivity contribution in [2.24, 2.45) is 11.8 Å². The van der Waals surface area contributed by atoms with Gasteiger partial charge in [0, 0.05) is 31.1 Å². The molecule has 0 aromatic heterocycles. The Labute approximate surface area is 213 Å². The Bertz CT molecular complexity index is 1130. The van der Waals surface area contributed by atoms with Crippen molar-refractivity contribution in [3.8, 4) is 5.75 Å². The number of hydrogen-bond donors (Lipinski definition) is 0. The van der Waals surface area contributed by atoms with Crippen molar-refractivity contribution in [2.75, 3.05) is 39.8 Å². The summed E-state index contributed by atoms with van der Waals surface area (Å²) in [6, 6.07) is 25.0. The van der Waals surface area contributed by atoms with Crippen molar-refractivity contribution >= 4 is 5.91 Å². The first-order chi connectivity index (χ1) is 17.6. The summed E-state index contributed by atoms with van der Waals surface area (Å²) in [7, 11) is 1.62. The van der Waals surface area contributed by atoms with E-state index in [1.165, 1.54) is 30.5 Å². The van der Waals surface area contributed by atoms with E-state index < -0.39 is 0 Å². The van der Waals surface area contributed by atoms with Gasteiger partial charge in [0.15, 0.2) is 0 Å². The van der Waals surface area contributed by atoms with E-state index >= 15 is 0 Å².